The van der Waals surface area contributed by atoms with Crippen molar-refractivity contribution in [1.82, 2.24) is 5.32 Å². The summed E-state index contributed by atoms with van der Waals surface area (Å²) >= 11 is 0. The molecule has 0 spiro atoms. The third kappa shape index (κ3) is 5.30. The van der Waals surface area contributed by atoms with Gasteiger partial charge >= 0.3 is 0 Å². The van der Waals surface area contributed by atoms with E-state index in [1.54, 1.807) is 0 Å². The molecule has 1 rings (SSSR count). The zero-order chi connectivity index (χ0) is 15.0. The Morgan fingerprint density at radius 1 is 0.950 bits per heavy atom. The molecule has 0 unspecified atom stereocenters. The van der Waals surface area contributed by atoms with Crippen molar-refractivity contribution in [3.8, 4) is 0 Å². The van der Waals surface area contributed by atoms with Gasteiger partial charge in [0.2, 0.25) is 0 Å². The first kappa shape index (κ1) is 17.9. The zero-order valence-corrected chi connectivity index (χ0v) is 12.5. The van der Waals surface area contributed by atoms with Crippen LogP contribution in [0.2, 0.25) is 0 Å². The van der Waals surface area contributed by atoms with Crippen LogP contribution in [-0.2, 0) is 0 Å². The van der Waals surface area contributed by atoms with Gasteiger partial charge in [-0.3, -0.25) is 0 Å². The molecule has 0 bridgehead atoms. The van der Waals surface area contributed by atoms with Crippen LogP contribution in [0.4, 0.5) is 0 Å². The summed E-state index contributed by atoms with van der Waals surface area (Å²) < 4.78 is 0. The Bertz CT molecular complexity index is 252. The molecule has 120 valence electrons. The highest BCUT2D eigenvalue weighted by Gasteiger charge is 2.43. The highest BCUT2D eigenvalue weighted by Crippen LogP contribution is 2.20. The summed E-state index contributed by atoms with van der Waals surface area (Å²) in [5.41, 5.74) is 0. The Morgan fingerprint density at radius 2 is 1.55 bits per heavy atom. The van der Waals surface area contributed by atoms with Crippen LogP contribution in [0, 0.1) is 0 Å². The summed E-state index contributed by atoms with van der Waals surface area (Å²) in [6.07, 6.45) is 6.22. The molecular weight excluding hydrogens is 258 g/mol. The van der Waals surface area contributed by atoms with E-state index in [1.807, 2.05) is 0 Å². The molecule has 5 nitrogen and oxygen atoms in total. The molecule has 0 aliphatic carbocycles. The van der Waals surface area contributed by atoms with E-state index in [2.05, 4.69) is 12.2 Å². The van der Waals surface area contributed by atoms with Gasteiger partial charge in [0.15, 0.2) is 0 Å². The SMILES string of the molecule is CCCCCCCCC[C@@H](O)[C@H]1N[C@H](CO)[C@@H](O)[C@@H]1O. The maximum atomic E-state index is 10.1. The third-order valence-electron chi connectivity index (χ3n) is 4.25. The molecular formula is C15H31NO4. The fourth-order valence-corrected chi connectivity index (χ4v) is 2.88. The second-order valence-electron chi connectivity index (χ2n) is 5.94. The Balaban J connectivity index is 2.15. The van der Waals surface area contributed by atoms with Gasteiger partial charge in [0.1, 0.15) is 0 Å². The summed E-state index contributed by atoms with van der Waals surface area (Å²) in [5, 5.41) is 41.6. The van der Waals surface area contributed by atoms with Gasteiger partial charge in [-0.15, -0.1) is 0 Å². The summed E-state index contributed by atoms with van der Waals surface area (Å²) in [4.78, 5) is 0. The first-order valence-corrected chi connectivity index (χ1v) is 8.03. The number of hydrogen-bond donors (Lipinski definition) is 5. The molecule has 0 amide bonds. The molecule has 0 aromatic heterocycles. The van der Waals surface area contributed by atoms with E-state index in [-0.39, 0.29) is 6.61 Å². The van der Waals surface area contributed by atoms with Crippen molar-refractivity contribution in [2.75, 3.05) is 6.61 Å². The van der Waals surface area contributed by atoms with Crippen molar-refractivity contribution >= 4 is 0 Å². The lowest BCUT2D eigenvalue weighted by molar-refractivity contribution is -0.00443. The van der Waals surface area contributed by atoms with Gasteiger partial charge in [0.25, 0.3) is 0 Å². The Hall–Kier alpha value is -0.200. The van der Waals surface area contributed by atoms with Crippen LogP contribution in [0.25, 0.3) is 0 Å². The minimum Gasteiger partial charge on any atom is -0.395 e. The van der Waals surface area contributed by atoms with Gasteiger partial charge in [-0.2, -0.15) is 0 Å². The molecule has 0 saturated carbocycles. The highest BCUT2D eigenvalue weighted by atomic mass is 16.3. The van der Waals surface area contributed by atoms with Crippen LogP contribution in [0.1, 0.15) is 58.3 Å². The maximum absolute atomic E-state index is 10.1. The average molecular weight is 289 g/mol. The van der Waals surface area contributed by atoms with Gasteiger partial charge in [-0.05, 0) is 6.42 Å². The van der Waals surface area contributed by atoms with Gasteiger partial charge in [0, 0.05) is 0 Å². The van der Waals surface area contributed by atoms with E-state index in [9.17, 15) is 15.3 Å². The predicted molar refractivity (Wildman–Crippen MR) is 78.4 cm³/mol. The molecule has 20 heavy (non-hydrogen) atoms. The number of unbranched alkanes of at least 4 members (excludes halogenated alkanes) is 6. The molecule has 0 aromatic carbocycles. The smallest absolute Gasteiger partial charge is 0.0993 e. The standard InChI is InChI=1S/C15H31NO4/c1-2-3-4-5-6-7-8-9-12(18)13-15(20)14(19)11(10-17)16-13/h11-20H,2-10H2,1H3/t11-,12-,13-,14-,15-/m1/s1. The molecule has 1 aliphatic rings. The Labute approximate surface area is 122 Å². The van der Waals surface area contributed by atoms with Crippen LogP contribution < -0.4 is 5.32 Å². The van der Waals surface area contributed by atoms with Crippen molar-refractivity contribution in [2.24, 2.45) is 0 Å². The number of aliphatic hydroxyl groups is 4. The number of rotatable bonds is 10. The van der Waals surface area contributed by atoms with E-state index in [1.165, 1.54) is 32.1 Å². The maximum Gasteiger partial charge on any atom is 0.0993 e. The molecule has 0 radical (unpaired) electrons. The normalized spacial score (nSPS) is 31.6. The van der Waals surface area contributed by atoms with Crippen molar-refractivity contribution < 1.29 is 20.4 Å². The topological polar surface area (TPSA) is 93.0 Å². The van der Waals surface area contributed by atoms with Gasteiger partial charge in [-0.25, -0.2) is 0 Å². The molecule has 1 aliphatic heterocycles. The Morgan fingerprint density at radius 3 is 2.10 bits per heavy atom. The quantitative estimate of drug-likeness (QED) is 0.379. The molecule has 1 saturated heterocycles. The van der Waals surface area contributed by atoms with E-state index >= 15 is 0 Å². The van der Waals surface area contributed by atoms with Crippen molar-refractivity contribution in [1.29, 1.82) is 0 Å². The average Bonchev–Trinajstić information content (AvgIpc) is 2.74. The second-order valence-corrected chi connectivity index (χ2v) is 5.94. The summed E-state index contributed by atoms with van der Waals surface area (Å²) in [6, 6.07) is -1.08. The molecule has 1 heterocycles. The van der Waals surface area contributed by atoms with Crippen LogP contribution in [0.3, 0.4) is 0 Å². The fraction of sp³-hybridized carbons (Fsp3) is 1.00. The third-order valence-corrected chi connectivity index (χ3v) is 4.25. The van der Waals surface area contributed by atoms with Crippen molar-refractivity contribution in [3.63, 3.8) is 0 Å². The molecule has 1 fully saturated rings. The second kappa shape index (κ2) is 9.68. The van der Waals surface area contributed by atoms with Gasteiger partial charge in [0.05, 0.1) is 37.0 Å². The molecule has 5 atom stereocenters. The minimum atomic E-state index is -1.01. The monoisotopic (exact) mass is 289 g/mol. The minimum absolute atomic E-state index is 0.237. The largest absolute Gasteiger partial charge is 0.395 e. The lowest BCUT2D eigenvalue weighted by Crippen LogP contribution is -2.44. The van der Waals surface area contributed by atoms with Crippen LogP contribution in [0.5, 0.6) is 0 Å². The van der Waals surface area contributed by atoms with E-state index < -0.39 is 30.4 Å². The van der Waals surface area contributed by atoms with Crippen LogP contribution in [0.15, 0.2) is 0 Å². The van der Waals surface area contributed by atoms with Crippen molar-refractivity contribution in [2.45, 2.75) is 88.7 Å². The summed E-state index contributed by atoms with van der Waals surface area (Å²) in [6.45, 7) is 1.96. The lowest BCUT2D eigenvalue weighted by Gasteiger charge is -2.22. The number of nitrogens with one attached hydrogen (secondary N) is 1. The predicted octanol–water partition coefficient (Wildman–Crippen LogP) is 0.542. The lowest BCUT2D eigenvalue weighted by atomic mass is 9.98. The molecule has 5 heteroatoms. The van der Waals surface area contributed by atoms with E-state index in [0.29, 0.717) is 6.42 Å². The van der Waals surface area contributed by atoms with Crippen LogP contribution in [-0.4, -0.2) is 57.4 Å². The molecule has 5 N–H and O–H groups in total. The van der Waals surface area contributed by atoms with Crippen molar-refractivity contribution in [3.05, 3.63) is 0 Å². The zero-order valence-electron chi connectivity index (χ0n) is 12.5. The summed E-state index contributed by atoms with van der Waals surface area (Å²) in [7, 11) is 0. The Kier molecular flexibility index (Phi) is 8.64. The van der Waals surface area contributed by atoms with E-state index in [4.69, 9.17) is 5.11 Å². The van der Waals surface area contributed by atoms with E-state index in [0.717, 1.165) is 12.8 Å². The first-order valence-electron chi connectivity index (χ1n) is 8.03. The first-order chi connectivity index (χ1) is 9.61. The molecule has 0 aromatic rings. The number of aliphatic hydroxyl groups excluding tert-OH is 4. The summed E-state index contributed by atoms with van der Waals surface area (Å²) in [5.74, 6) is 0. The van der Waals surface area contributed by atoms with Gasteiger partial charge in [-0.1, -0.05) is 51.9 Å². The van der Waals surface area contributed by atoms with Crippen LogP contribution >= 0.6 is 0 Å². The van der Waals surface area contributed by atoms with Gasteiger partial charge < -0.3 is 25.7 Å². The highest BCUT2D eigenvalue weighted by molar-refractivity contribution is 5.00. The number of hydrogen-bond acceptors (Lipinski definition) is 5. The fourth-order valence-electron chi connectivity index (χ4n) is 2.88.